The molecule has 0 aliphatic carbocycles. The smallest absolute Gasteiger partial charge is 0.254 e. The molecule has 4 heteroatoms. The van der Waals surface area contributed by atoms with Crippen LogP contribution in [0.2, 0.25) is 0 Å². The second-order valence-electron chi connectivity index (χ2n) is 6.20. The molecule has 116 valence electrons. The summed E-state index contributed by atoms with van der Waals surface area (Å²) in [7, 11) is 0. The maximum atomic E-state index is 12.6. The lowest BCUT2D eigenvalue weighted by molar-refractivity contribution is 0.476. The molecule has 0 saturated heterocycles. The molecule has 1 aliphatic heterocycles. The fraction of sp³-hybridized carbons (Fsp3) is 0.263. The van der Waals surface area contributed by atoms with Crippen LogP contribution in [0.25, 0.3) is 22.3 Å². The molecule has 1 aliphatic rings. The van der Waals surface area contributed by atoms with Gasteiger partial charge in [-0.1, -0.05) is 6.92 Å². The van der Waals surface area contributed by atoms with E-state index in [4.69, 9.17) is 4.98 Å². The van der Waals surface area contributed by atoms with E-state index in [2.05, 4.69) is 13.0 Å². The standard InChI is InChI=1S/C19H18N2O2/c1-4-13-14-8-12(22)5-6-16(14)20-18-15(13)9-21-17(18)7-10(2)11(3)19(21)23/h5-8,22H,4,9H2,1-3H3. The zero-order valence-electron chi connectivity index (χ0n) is 13.5. The number of aromatic nitrogens is 2. The van der Waals surface area contributed by atoms with Crippen LogP contribution in [0.3, 0.4) is 0 Å². The summed E-state index contributed by atoms with van der Waals surface area (Å²) < 4.78 is 1.82. The predicted octanol–water partition coefficient (Wildman–Crippen LogP) is 3.31. The Morgan fingerprint density at radius 3 is 2.78 bits per heavy atom. The Bertz CT molecular complexity index is 1030. The van der Waals surface area contributed by atoms with Crippen molar-refractivity contribution >= 4 is 10.9 Å². The molecule has 3 heterocycles. The third-order valence-electron chi connectivity index (χ3n) is 4.90. The molecule has 4 nitrogen and oxygen atoms in total. The van der Waals surface area contributed by atoms with Gasteiger partial charge in [-0.25, -0.2) is 4.98 Å². The SMILES string of the molecule is CCc1c2c(nc3ccc(O)cc13)-c1cc(C)c(C)c(=O)n1C2. The van der Waals surface area contributed by atoms with Gasteiger partial charge in [0.15, 0.2) is 0 Å². The minimum atomic E-state index is 0.0620. The molecule has 0 amide bonds. The molecule has 0 spiro atoms. The van der Waals surface area contributed by atoms with Crippen molar-refractivity contribution in [3.05, 3.63) is 56.9 Å². The van der Waals surface area contributed by atoms with Crippen LogP contribution in [-0.2, 0) is 13.0 Å². The second kappa shape index (κ2) is 4.69. The summed E-state index contributed by atoms with van der Waals surface area (Å²) in [5.74, 6) is 0.244. The first-order valence-electron chi connectivity index (χ1n) is 7.87. The van der Waals surface area contributed by atoms with E-state index in [1.54, 1.807) is 12.1 Å². The molecule has 2 aromatic heterocycles. The van der Waals surface area contributed by atoms with Crippen LogP contribution in [0.15, 0.2) is 29.1 Å². The van der Waals surface area contributed by atoms with E-state index in [1.165, 1.54) is 5.56 Å². The highest BCUT2D eigenvalue weighted by Crippen LogP contribution is 2.36. The Kier molecular flexibility index (Phi) is 2.85. The van der Waals surface area contributed by atoms with Crippen molar-refractivity contribution in [2.75, 3.05) is 0 Å². The molecule has 0 saturated carbocycles. The van der Waals surface area contributed by atoms with Crippen LogP contribution >= 0.6 is 0 Å². The average molecular weight is 306 g/mol. The molecule has 4 rings (SSSR count). The van der Waals surface area contributed by atoms with E-state index < -0.39 is 0 Å². The van der Waals surface area contributed by atoms with Crippen molar-refractivity contribution < 1.29 is 5.11 Å². The van der Waals surface area contributed by atoms with Gasteiger partial charge in [0.1, 0.15) is 5.75 Å². The van der Waals surface area contributed by atoms with E-state index in [0.29, 0.717) is 6.54 Å². The third kappa shape index (κ3) is 1.84. The lowest BCUT2D eigenvalue weighted by Crippen LogP contribution is -2.22. The third-order valence-corrected chi connectivity index (χ3v) is 4.90. The second-order valence-corrected chi connectivity index (χ2v) is 6.20. The molecule has 0 atom stereocenters. The molecule has 0 unspecified atom stereocenters. The summed E-state index contributed by atoms with van der Waals surface area (Å²) in [6, 6.07) is 7.32. The predicted molar refractivity (Wildman–Crippen MR) is 91.1 cm³/mol. The highest BCUT2D eigenvalue weighted by Gasteiger charge is 2.26. The van der Waals surface area contributed by atoms with E-state index in [9.17, 15) is 9.90 Å². The maximum absolute atomic E-state index is 12.6. The minimum Gasteiger partial charge on any atom is -0.508 e. The quantitative estimate of drug-likeness (QED) is 0.587. The monoisotopic (exact) mass is 306 g/mol. The number of hydrogen-bond donors (Lipinski definition) is 1. The maximum Gasteiger partial charge on any atom is 0.254 e. The van der Waals surface area contributed by atoms with Crippen LogP contribution < -0.4 is 5.56 Å². The zero-order chi connectivity index (χ0) is 16.3. The van der Waals surface area contributed by atoms with Crippen molar-refractivity contribution in [3.63, 3.8) is 0 Å². The summed E-state index contributed by atoms with van der Waals surface area (Å²) in [4.78, 5) is 17.4. The van der Waals surface area contributed by atoms with Gasteiger partial charge >= 0.3 is 0 Å². The van der Waals surface area contributed by atoms with Gasteiger partial charge in [-0.05, 0) is 55.7 Å². The largest absolute Gasteiger partial charge is 0.508 e. The van der Waals surface area contributed by atoms with Gasteiger partial charge < -0.3 is 9.67 Å². The Morgan fingerprint density at radius 2 is 2.04 bits per heavy atom. The fourth-order valence-corrected chi connectivity index (χ4v) is 3.53. The van der Waals surface area contributed by atoms with E-state index in [1.807, 2.05) is 24.5 Å². The van der Waals surface area contributed by atoms with Gasteiger partial charge in [0.05, 0.1) is 23.4 Å². The summed E-state index contributed by atoms with van der Waals surface area (Å²) in [6.07, 6.45) is 0.839. The average Bonchev–Trinajstić information content (AvgIpc) is 2.89. The number of fused-ring (bicyclic) bond motifs is 4. The number of phenolic OH excluding ortho intramolecular Hbond substituents is 1. The number of nitrogens with zero attached hydrogens (tertiary/aromatic N) is 2. The molecular formula is C19H18N2O2. The first-order chi connectivity index (χ1) is 11.0. The number of phenols is 1. The van der Waals surface area contributed by atoms with E-state index in [-0.39, 0.29) is 11.3 Å². The number of benzene rings is 1. The first kappa shape index (κ1) is 14.0. The van der Waals surface area contributed by atoms with Crippen LogP contribution in [0.5, 0.6) is 5.75 Å². The van der Waals surface area contributed by atoms with E-state index >= 15 is 0 Å². The van der Waals surface area contributed by atoms with Crippen molar-refractivity contribution in [3.8, 4) is 17.1 Å². The summed E-state index contributed by atoms with van der Waals surface area (Å²) in [6.45, 7) is 6.50. The molecule has 0 radical (unpaired) electrons. The topological polar surface area (TPSA) is 55.1 Å². The van der Waals surface area contributed by atoms with Crippen LogP contribution in [0.4, 0.5) is 0 Å². The van der Waals surface area contributed by atoms with Crippen LogP contribution in [0, 0.1) is 13.8 Å². The zero-order valence-corrected chi connectivity index (χ0v) is 13.5. The minimum absolute atomic E-state index is 0.0620. The molecule has 3 aromatic rings. The first-order valence-corrected chi connectivity index (χ1v) is 7.87. The van der Waals surface area contributed by atoms with Crippen LogP contribution in [-0.4, -0.2) is 14.7 Å². The van der Waals surface area contributed by atoms with Gasteiger partial charge in [-0.3, -0.25) is 4.79 Å². The summed E-state index contributed by atoms with van der Waals surface area (Å²) in [5, 5.41) is 10.8. The Balaban J connectivity index is 2.12. The summed E-state index contributed by atoms with van der Waals surface area (Å²) >= 11 is 0. The number of aryl methyl sites for hydroxylation is 2. The number of rotatable bonds is 1. The van der Waals surface area contributed by atoms with Crippen LogP contribution in [0.1, 0.15) is 29.2 Å². The Morgan fingerprint density at radius 1 is 1.26 bits per heavy atom. The molecule has 23 heavy (non-hydrogen) atoms. The summed E-state index contributed by atoms with van der Waals surface area (Å²) in [5.41, 5.74) is 6.79. The lowest BCUT2D eigenvalue weighted by atomic mass is 9.98. The lowest BCUT2D eigenvalue weighted by Gasteiger charge is -2.10. The number of aromatic hydroxyl groups is 1. The molecule has 1 aromatic carbocycles. The highest BCUT2D eigenvalue weighted by molar-refractivity contribution is 5.89. The van der Waals surface area contributed by atoms with Gasteiger partial charge in [0.2, 0.25) is 0 Å². The molecule has 0 bridgehead atoms. The Hall–Kier alpha value is -2.62. The van der Waals surface area contributed by atoms with E-state index in [0.717, 1.165) is 45.4 Å². The van der Waals surface area contributed by atoms with Gasteiger partial charge in [0.25, 0.3) is 5.56 Å². The molecule has 1 N–H and O–H groups in total. The highest BCUT2D eigenvalue weighted by atomic mass is 16.3. The van der Waals surface area contributed by atoms with Gasteiger partial charge in [0, 0.05) is 16.5 Å². The van der Waals surface area contributed by atoms with Crippen molar-refractivity contribution in [2.24, 2.45) is 0 Å². The Labute approximate surface area is 134 Å². The fourth-order valence-electron chi connectivity index (χ4n) is 3.53. The molecule has 0 fully saturated rings. The van der Waals surface area contributed by atoms with Crippen molar-refractivity contribution in [1.82, 2.24) is 9.55 Å². The van der Waals surface area contributed by atoms with Gasteiger partial charge in [-0.2, -0.15) is 0 Å². The van der Waals surface area contributed by atoms with Gasteiger partial charge in [-0.15, -0.1) is 0 Å². The number of hydrogen-bond acceptors (Lipinski definition) is 3. The van der Waals surface area contributed by atoms with Crippen molar-refractivity contribution in [2.45, 2.75) is 33.7 Å². The number of pyridine rings is 2. The molecular weight excluding hydrogens is 288 g/mol. The van der Waals surface area contributed by atoms with Crippen molar-refractivity contribution in [1.29, 1.82) is 0 Å². The normalized spacial score (nSPS) is 12.5.